The number of nitrogens with zero attached hydrogens (tertiary/aromatic N) is 4. The van der Waals surface area contributed by atoms with E-state index < -0.39 is 5.89 Å². The molecule has 0 amide bonds. The number of fused-ring (bicyclic) bond motifs is 10. The van der Waals surface area contributed by atoms with Gasteiger partial charge < -0.3 is 18.8 Å². The maximum absolute atomic E-state index is 8.80. The van der Waals surface area contributed by atoms with Gasteiger partial charge in [0, 0.05) is 51.3 Å². The van der Waals surface area contributed by atoms with Gasteiger partial charge in [-0.05, 0) is 141 Å². The van der Waals surface area contributed by atoms with Crippen molar-refractivity contribution in [2.45, 2.75) is 72.1 Å². The van der Waals surface area contributed by atoms with Crippen LogP contribution in [0.3, 0.4) is 0 Å². The summed E-state index contributed by atoms with van der Waals surface area (Å²) in [4.78, 5) is 7.08. The van der Waals surface area contributed by atoms with Crippen LogP contribution in [-0.4, -0.2) is 14.1 Å². The van der Waals surface area contributed by atoms with Crippen LogP contribution in [0.2, 0.25) is 0 Å². The van der Waals surface area contributed by atoms with E-state index in [1.54, 1.807) is 6.20 Å². The monoisotopic (exact) mass is 1180 g/mol. The molecule has 1 aliphatic heterocycles. The molecule has 0 saturated heterocycles. The summed E-state index contributed by atoms with van der Waals surface area (Å²) in [5, 5.41) is 9.10. The maximum Gasteiger partial charge on any atom is 0.135 e. The first kappa shape index (κ1) is 48.5. The molecule has 5 nitrogen and oxygen atoms in total. The number of aromatic nitrogens is 3. The SMILES string of the molecule is [2H]C(C)(C)c1ccnc(-n2c3[c-]c(Oc4[c-]c(N5[CH-]n6c7c(-c8cc(-c9ccc(C(C)(C)C)cc9)cc(C(C)(C)C)c8)cccc7c7ccccc7c7ccccc7c7cccc5c76)ccc4)ccc3c3ccccc32)c1.[Pt]. The van der Waals surface area contributed by atoms with Crippen molar-refractivity contribution in [1.29, 1.82) is 0 Å². The summed E-state index contributed by atoms with van der Waals surface area (Å²) in [7, 11) is 0. The molecule has 0 spiro atoms. The van der Waals surface area contributed by atoms with Crippen LogP contribution in [0, 0.1) is 18.8 Å². The topological polar surface area (TPSA) is 35.2 Å². The molecule has 9 aromatic carbocycles. The number of para-hydroxylation sites is 3. The Morgan fingerprint density at radius 1 is 0.519 bits per heavy atom. The van der Waals surface area contributed by atoms with Gasteiger partial charge in [0.05, 0.1) is 0 Å². The Morgan fingerprint density at radius 2 is 1.12 bits per heavy atom. The molecule has 0 aliphatic carbocycles. The van der Waals surface area contributed by atoms with Gasteiger partial charge in [0.25, 0.3) is 0 Å². The first-order valence-electron chi connectivity index (χ1n) is 26.8. The Kier molecular flexibility index (Phi) is 12.1. The van der Waals surface area contributed by atoms with Crippen molar-refractivity contribution < 1.29 is 27.2 Å². The average molecular weight is 1180 g/mol. The van der Waals surface area contributed by atoms with Gasteiger partial charge in [0.2, 0.25) is 0 Å². The maximum atomic E-state index is 8.80. The number of hydrogen-bond acceptors (Lipinski definition) is 3. The first-order chi connectivity index (χ1) is 37.1. The number of benzene rings is 9. The molecule has 0 saturated carbocycles. The van der Waals surface area contributed by atoms with E-state index in [4.69, 9.17) is 11.1 Å². The molecule has 77 heavy (non-hydrogen) atoms. The second-order valence-electron chi connectivity index (χ2n) is 22.5. The van der Waals surface area contributed by atoms with E-state index in [2.05, 4.69) is 232 Å². The van der Waals surface area contributed by atoms with E-state index in [0.717, 1.165) is 82.9 Å². The fourth-order valence-electron chi connectivity index (χ4n) is 11.3. The number of hydrogen-bond donors (Lipinski definition) is 0. The van der Waals surface area contributed by atoms with Gasteiger partial charge in [-0.2, -0.15) is 12.1 Å². The van der Waals surface area contributed by atoms with Gasteiger partial charge >= 0.3 is 0 Å². The third kappa shape index (κ3) is 8.72. The predicted molar refractivity (Wildman–Crippen MR) is 319 cm³/mol. The van der Waals surface area contributed by atoms with Crippen molar-refractivity contribution >= 4 is 76.5 Å². The molecule has 13 rings (SSSR count). The molecule has 382 valence electrons. The zero-order valence-electron chi connectivity index (χ0n) is 45.6. The molecule has 3 aromatic heterocycles. The molecule has 0 atom stereocenters. The van der Waals surface area contributed by atoms with Gasteiger partial charge in [0.15, 0.2) is 0 Å². The van der Waals surface area contributed by atoms with Crippen molar-refractivity contribution in [3.63, 3.8) is 0 Å². The van der Waals surface area contributed by atoms with Crippen LogP contribution in [0.5, 0.6) is 11.5 Å². The Balaban J connectivity index is 0.00000609. The molecular formula is C71H59N4OPt-3. The van der Waals surface area contributed by atoms with E-state index in [1.165, 1.54) is 38.4 Å². The standard InChI is InChI=1S/C71H59N4O.Pt/c1-45(2)47-36-37-72-67(41-47)75-64-28-14-13-24-60(64)61-35-34-54(43-66(61)75)76-53-19-15-18-52(42-53)73-44-74-68-55(49-38-48(39-51(40-49)71(6,7)8)46-30-32-50(33-31-46)70(3,4)5)25-16-26-62(68)58-22-11-9-20-56(58)57-21-10-12-23-59(57)63-27-17-29-65(73)69(63)74;/h9-41,44-45H,1-8H3;/q-3;/i45D;. The number of pyridine rings is 1. The van der Waals surface area contributed by atoms with Crippen LogP contribution in [-0.2, 0) is 31.9 Å². The van der Waals surface area contributed by atoms with Crippen LogP contribution in [0.4, 0.5) is 11.4 Å². The molecule has 12 aromatic rings. The Morgan fingerprint density at radius 3 is 1.81 bits per heavy atom. The summed E-state index contributed by atoms with van der Waals surface area (Å²) in [6.45, 7) is 19.8. The molecular weight excluding hydrogens is 1120 g/mol. The zero-order valence-corrected chi connectivity index (χ0v) is 46.9. The molecule has 6 heteroatoms. The Labute approximate surface area is 467 Å². The Hall–Kier alpha value is -8.11. The van der Waals surface area contributed by atoms with E-state index in [-0.39, 0.29) is 31.9 Å². The smallest absolute Gasteiger partial charge is 0.135 e. The van der Waals surface area contributed by atoms with Gasteiger partial charge in [-0.3, -0.25) is 0 Å². The largest absolute Gasteiger partial charge is 0.509 e. The summed E-state index contributed by atoms with van der Waals surface area (Å²) in [5.74, 6) is 1.05. The average Bonchev–Trinajstić information content (AvgIpc) is 4.21. The quantitative estimate of drug-likeness (QED) is 0.149. The van der Waals surface area contributed by atoms with Crippen molar-refractivity contribution in [1.82, 2.24) is 14.1 Å². The third-order valence-electron chi connectivity index (χ3n) is 15.3. The molecule has 0 radical (unpaired) electrons. The van der Waals surface area contributed by atoms with E-state index >= 15 is 0 Å². The minimum atomic E-state index is -0.792. The van der Waals surface area contributed by atoms with E-state index in [9.17, 15) is 0 Å². The van der Waals surface area contributed by atoms with E-state index in [0.29, 0.717) is 11.5 Å². The van der Waals surface area contributed by atoms with E-state index in [1.807, 2.05) is 50.2 Å². The van der Waals surface area contributed by atoms with Crippen molar-refractivity contribution in [3.8, 4) is 39.6 Å². The van der Waals surface area contributed by atoms with Crippen LogP contribution in [0.15, 0.2) is 200 Å². The van der Waals surface area contributed by atoms with Gasteiger partial charge in [-0.25, -0.2) is 4.98 Å². The summed E-state index contributed by atoms with van der Waals surface area (Å²) >= 11 is 0. The third-order valence-corrected chi connectivity index (χ3v) is 15.3. The molecule has 1 aliphatic rings. The molecule has 0 N–H and O–H groups in total. The number of ether oxygens (including phenoxy) is 1. The molecule has 0 fully saturated rings. The van der Waals surface area contributed by atoms with Gasteiger partial charge in [0.1, 0.15) is 5.82 Å². The first-order valence-corrected chi connectivity index (χ1v) is 26.3. The van der Waals surface area contributed by atoms with Crippen molar-refractivity contribution in [2.24, 2.45) is 0 Å². The summed E-state index contributed by atoms with van der Waals surface area (Å²) < 4.78 is 20.1. The molecule has 0 bridgehead atoms. The fourth-order valence-corrected chi connectivity index (χ4v) is 11.3. The summed E-state index contributed by atoms with van der Waals surface area (Å²) in [6.07, 6.45) is 1.79. The van der Waals surface area contributed by atoms with Gasteiger partial charge in [-0.15, -0.1) is 35.7 Å². The van der Waals surface area contributed by atoms with Crippen molar-refractivity contribution in [3.05, 3.63) is 236 Å². The number of rotatable bonds is 7. The van der Waals surface area contributed by atoms with Crippen LogP contribution < -0.4 is 9.64 Å². The zero-order chi connectivity index (χ0) is 53.0. The van der Waals surface area contributed by atoms with Crippen LogP contribution in [0.1, 0.15) is 79.3 Å². The Bertz CT molecular complexity index is 4410. The second kappa shape index (κ2) is 19.2. The summed E-state index contributed by atoms with van der Waals surface area (Å²) in [5.41, 5.74) is 14.0. The molecule has 0 unspecified atom stereocenters. The van der Waals surface area contributed by atoms with Crippen LogP contribution >= 0.6 is 0 Å². The number of anilines is 2. The minimum absolute atomic E-state index is 0. The molecule has 4 heterocycles. The predicted octanol–water partition coefficient (Wildman–Crippen LogP) is 19.3. The normalized spacial score (nSPS) is 12.8. The minimum Gasteiger partial charge on any atom is -0.509 e. The van der Waals surface area contributed by atoms with Crippen molar-refractivity contribution in [2.75, 3.05) is 4.90 Å². The summed E-state index contributed by atoms with van der Waals surface area (Å²) in [6, 6.07) is 77.3. The van der Waals surface area contributed by atoms with Crippen LogP contribution in [0.25, 0.3) is 93.2 Å². The second-order valence-corrected chi connectivity index (χ2v) is 22.5. The van der Waals surface area contributed by atoms with Gasteiger partial charge in [-0.1, -0.05) is 200 Å². The fraction of sp³-hybridized carbons (Fsp3) is 0.155.